The second-order valence-electron chi connectivity index (χ2n) is 5.69. The minimum absolute atomic E-state index is 0.0832. The molecule has 6 nitrogen and oxygen atoms in total. The van der Waals surface area contributed by atoms with E-state index in [9.17, 15) is 4.79 Å². The van der Waals surface area contributed by atoms with Crippen LogP contribution >= 0.6 is 0 Å². The molecule has 0 bridgehead atoms. The number of piperidine rings is 1. The van der Waals surface area contributed by atoms with E-state index in [1.54, 1.807) is 4.68 Å². The molecule has 2 aliphatic heterocycles. The summed E-state index contributed by atoms with van der Waals surface area (Å²) in [5.74, 6) is 0.654. The van der Waals surface area contributed by atoms with Crippen LogP contribution in [0, 0.1) is 6.92 Å². The highest BCUT2D eigenvalue weighted by Crippen LogP contribution is 2.25. The summed E-state index contributed by atoms with van der Waals surface area (Å²) >= 11 is 0. The minimum atomic E-state index is -0.0832. The van der Waals surface area contributed by atoms with Crippen molar-refractivity contribution in [1.82, 2.24) is 20.0 Å². The Balaban J connectivity index is 1.59. The van der Waals surface area contributed by atoms with E-state index < -0.39 is 0 Å². The number of rotatable bonds is 4. The molecule has 1 aromatic rings. The molecular formula is C15H22N4O2. The van der Waals surface area contributed by atoms with Crippen LogP contribution in [0.25, 0.3) is 0 Å². The molecule has 0 radical (unpaired) electrons. The zero-order valence-electron chi connectivity index (χ0n) is 12.5. The van der Waals surface area contributed by atoms with Crippen LogP contribution < -0.4 is 10.1 Å². The molecule has 2 aliphatic rings. The molecule has 1 saturated heterocycles. The summed E-state index contributed by atoms with van der Waals surface area (Å²) in [6.07, 6.45) is 3.88. The van der Waals surface area contributed by atoms with Crippen LogP contribution in [0.3, 0.4) is 0 Å². The minimum Gasteiger partial charge on any atom is -0.476 e. The van der Waals surface area contributed by atoms with E-state index in [0.717, 1.165) is 50.5 Å². The fourth-order valence-corrected chi connectivity index (χ4v) is 3.01. The lowest BCUT2D eigenvalue weighted by molar-refractivity contribution is 0.0907. The van der Waals surface area contributed by atoms with Crippen molar-refractivity contribution >= 4 is 5.91 Å². The van der Waals surface area contributed by atoms with Gasteiger partial charge in [-0.25, -0.2) is 4.68 Å². The van der Waals surface area contributed by atoms with Crippen molar-refractivity contribution in [2.45, 2.75) is 32.4 Å². The molecule has 0 aromatic carbocycles. The maximum Gasteiger partial charge on any atom is 0.272 e. The molecule has 114 valence electrons. The molecule has 0 spiro atoms. The van der Waals surface area contributed by atoms with Gasteiger partial charge in [-0.3, -0.25) is 9.69 Å². The first-order valence-corrected chi connectivity index (χ1v) is 7.53. The summed E-state index contributed by atoms with van der Waals surface area (Å²) < 4.78 is 7.27. The van der Waals surface area contributed by atoms with Crippen molar-refractivity contribution in [1.29, 1.82) is 0 Å². The van der Waals surface area contributed by atoms with Crippen LogP contribution in [0.15, 0.2) is 12.7 Å². The number of fused-ring (bicyclic) bond motifs is 1. The van der Waals surface area contributed by atoms with Crippen LogP contribution in [0.5, 0.6) is 5.88 Å². The lowest BCUT2D eigenvalue weighted by Crippen LogP contribution is -2.44. The highest BCUT2D eigenvalue weighted by atomic mass is 16.5. The van der Waals surface area contributed by atoms with E-state index in [-0.39, 0.29) is 11.9 Å². The molecular weight excluding hydrogens is 268 g/mol. The number of likely N-dealkylation sites (tertiary alicyclic amines) is 1. The molecule has 3 heterocycles. The Bertz CT molecular complexity index is 544. The standard InChI is InChI=1S/C15H22N4O2/c1-3-6-18-7-4-12(5-8-18)16-14(20)13-11(2)15-19(17-13)9-10-21-15/h3,12H,1,4-10H2,2H3,(H,16,20). The van der Waals surface area contributed by atoms with Crippen molar-refractivity contribution in [3.63, 3.8) is 0 Å². The van der Waals surface area contributed by atoms with Gasteiger partial charge in [-0.2, -0.15) is 5.10 Å². The molecule has 0 unspecified atom stereocenters. The van der Waals surface area contributed by atoms with Crippen LogP contribution in [0.2, 0.25) is 0 Å². The maximum atomic E-state index is 12.4. The van der Waals surface area contributed by atoms with Gasteiger partial charge in [-0.1, -0.05) is 6.08 Å². The number of nitrogens with one attached hydrogen (secondary N) is 1. The molecule has 6 heteroatoms. The van der Waals surface area contributed by atoms with Gasteiger partial charge in [-0.15, -0.1) is 6.58 Å². The lowest BCUT2D eigenvalue weighted by Gasteiger charge is -2.31. The summed E-state index contributed by atoms with van der Waals surface area (Å²) in [6.45, 7) is 9.95. The fraction of sp³-hybridized carbons (Fsp3) is 0.600. The van der Waals surface area contributed by atoms with Gasteiger partial charge < -0.3 is 10.1 Å². The lowest BCUT2D eigenvalue weighted by atomic mass is 10.0. The largest absolute Gasteiger partial charge is 0.476 e. The number of amides is 1. The van der Waals surface area contributed by atoms with E-state index in [2.05, 4.69) is 21.9 Å². The van der Waals surface area contributed by atoms with Gasteiger partial charge in [0, 0.05) is 31.2 Å². The van der Waals surface area contributed by atoms with Gasteiger partial charge in [0.25, 0.3) is 5.91 Å². The molecule has 0 saturated carbocycles. The predicted octanol–water partition coefficient (Wildman–Crippen LogP) is 0.964. The van der Waals surface area contributed by atoms with Gasteiger partial charge in [0.2, 0.25) is 5.88 Å². The smallest absolute Gasteiger partial charge is 0.272 e. The molecule has 21 heavy (non-hydrogen) atoms. The first kappa shape index (κ1) is 14.1. The van der Waals surface area contributed by atoms with Gasteiger partial charge in [-0.05, 0) is 19.8 Å². The Kier molecular flexibility index (Phi) is 3.96. The van der Waals surface area contributed by atoms with E-state index in [1.165, 1.54) is 0 Å². The number of aromatic nitrogens is 2. The van der Waals surface area contributed by atoms with E-state index in [4.69, 9.17) is 4.74 Å². The fourth-order valence-electron chi connectivity index (χ4n) is 3.01. The number of hydrogen-bond acceptors (Lipinski definition) is 4. The third-order valence-corrected chi connectivity index (χ3v) is 4.20. The van der Waals surface area contributed by atoms with Gasteiger partial charge in [0.15, 0.2) is 5.69 Å². The Morgan fingerprint density at radius 3 is 2.90 bits per heavy atom. The van der Waals surface area contributed by atoms with Crippen molar-refractivity contribution < 1.29 is 9.53 Å². The molecule has 1 fully saturated rings. The molecule has 0 atom stereocenters. The van der Waals surface area contributed by atoms with E-state index in [1.807, 2.05) is 13.0 Å². The second kappa shape index (κ2) is 5.89. The van der Waals surface area contributed by atoms with Gasteiger partial charge >= 0.3 is 0 Å². The van der Waals surface area contributed by atoms with Crippen molar-refractivity contribution in [2.75, 3.05) is 26.2 Å². The predicted molar refractivity (Wildman–Crippen MR) is 79.6 cm³/mol. The Morgan fingerprint density at radius 2 is 2.24 bits per heavy atom. The van der Waals surface area contributed by atoms with Gasteiger partial charge in [0.05, 0.1) is 6.54 Å². The number of carbonyl (C=O) groups is 1. The average Bonchev–Trinajstić information content (AvgIpc) is 3.05. The molecule has 1 amide bonds. The summed E-state index contributed by atoms with van der Waals surface area (Å²) in [6, 6.07) is 0.232. The van der Waals surface area contributed by atoms with Crippen molar-refractivity contribution in [3.8, 4) is 5.88 Å². The summed E-state index contributed by atoms with van der Waals surface area (Å²) in [5.41, 5.74) is 1.34. The van der Waals surface area contributed by atoms with Crippen LogP contribution in [0.1, 0.15) is 28.9 Å². The topological polar surface area (TPSA) is 59.4 Å². The van der Waals surface area contributed by atoms with Crippen LogP contribution in [-0.2, 0) is 6.54 Å². The number of hydrogen-bond donors (Lipinski definition) is 1. The molecule has 0 aliphatic carbocycles. The SMILES string of the molecule is C=CCN1CCC(NC(=O)c2nn3c(c2C)OCC3)CC1. The van der Waals surface area contributed by atoms with Crippen molar-refractivity contribution in [2.24, 2.45) is 0 Å². The quantitative estimate of drug-likeness (QED) is 0.839. The summed E-state index contributed by atoms with van der Waals surface area (Å²) in [5, 5.41) is 7.46. The van der Waals surface area contributed by atoms with E-state index >= 15 is 0 Å². The highest BCUT2D eigenvalue weighted by Gasteiger charge is 2.26. The third kappa shape index (κ3) is 2.81. The number of carbonyl (C=O) groups excluding carboxylic acids is 1. The Labute approximate surface area is 124 Å². The maximum absolute atomic E-state index is 12.4. The third-order valence-electron chi connectivity index (χ3n) is 4.20. The second-order valence-corrected chi connectivity index (χ2v) is 5.69. The van der Waals surface area contributed by atoms with Gasteiger partial charge in [0.1, 0.15) is 6.61 Å². The molecule has 3 rings (SSSR count). The number of ether oxygens (including phenoxy) is 1. The normalized spacial score (nSPS) is 19.1. The highest BCUT2D eigenvalue weighted by molar-refractivity contribution is 5.94. The van der Waals surface area contributed by atoms with Crippen molar-refractivity contribution in [3.05, 3.63) is 23.9 Å². The average molecular weight is 290 g/mol. The zero-order valence-corrected chi connectivity index (χ0v) is 12.5. The Morgan fingerprint density at radius 1 is 1.48 bits per heavy atom. The first-order valence-electron chi connectivity index (χ1n) is 7.53. The molecule has 1 aromatic heterocycles. The number of nitrogens with zero attached hydrogens (tertiary/aromatic N) is 3. The monoisotopic (exact) mass is 290 g/mol. The first-order chi connectivity index (χ1) is 10.2. The summed E-state index contributed by atoms with van der Waals surface area (Å²) in [4.78, 5) is 14.7. The molecule has 1 N–H and O–H groups in total. The summed E-state index contributed by atoms with van der Waals surface area (Å²) in [7, 11) is 0. The zero-order chi connectivity index (χ0) is 14.8. The van der Waals surface area contributed by atoms with Crippen LogP contribution in [0.4, 0.5) is 0 Å². The van der Waals surface area contributed by atoms with Crippen LogP contribution in [-0.4, -0.2) is 52.9 Å². The Hall–Kier alpha value is -1.82. The van der Waals surface area contributed by atoms with E-state index in [0.29, 0.717) is 12.3 Å².